The summed E-state index contributed by atoms with van der Waals surface area (Å²) in [6, 6.07) is 0.0900. The molecular formula is C14H24N4O3. The number of carbonyl (C=O) groups excluding carboxylic acids is 1. The molecule has 0 bridgehead atoms. The molecule has 118 valence electrons. The second kappa shape index (κ2) is 8.09. The Morgan fingerprint density at radius 3 is 3.10 bits per heavy atom. The summed E-state index contributed by atoms with van der Waals surface area (Å²) in [5.74, 6) is 0.327. The van der Waals surface area contributed by atoms with Crippen LogP contribution in [-0.4, -0.2) is 41.8 Å². The van der Waals surface area contributed by atoms with Gasteiger partial charge in [-0.15, -0.1) is 0 Å². The molecule has 7 heteroatoms. The van der Waals surface area contributed by atoms with Crippen LogP contribution in [0.15, 0.2) is 4.52 Å². The highest BCUT2D eigenvalue weighted by atomic mass is 16.5. The molecule has 1 unspecified atom stereocenters. The molecule has 0 saturated carbocycles. The Morgan fingerprint density at radius 2 is 2.38 bits per heavy atom. The van der Waals surface area contributed by atoms with Crippen molar-refractivity contribution < 1.29 is 14.1 Å². The van der Waals surface area contributed by atoms with Crippen LogP contribution in [0, 0.1) is 0 Å². The van der Waals surface area contributed by atoms with E-state index in [4.69, 9.17) is 9.26 Å². The second-order valence-electron chi connectivity index (χ2n) is 5.49. The van der Waals surface area contributed by atoms with Crippen LogP contribution >= 0.6 is 0 Å². The van der Waals surface area contributed by atoms with Crippen molar-refractivity contribution in [2.24, 2.45) is 0 Å². The standard InChI is InChI=1S/C14H24N4O3/c1-10(2)20-9-4-3-7-16-13(19)12-17-14(21-18-12)11-6-5-8-15-11/h10-11,15H,3-9H2,1-2H3,(H,16,19). The van der Waals surface area contributed by atoms with Gasteiger partial charge in [-0.2, -0.15) is 4.98 Å². The van der Waals surface area contributed by atoms with Gasteiger partial charge >= 0.3 is 0 Å². The number of hydrogen-bond acceptors (Lipinski definition) is 6. The van der Waals surface area contributed by atoms with Gasteiger partial charge in [0.15, 0.2) is 0 Å². The van der Waals surface area contributed by atoms with Crippen LogP contribution in [-0.2, 0) is 4.74 Å². The van der Waals surface area contributed by atoms with Gasteiger partial charge in [-0.25, -0.2) is 0 Å². The maximum atomic E-state index is 11.9. The molecule has 0 aliphatic carbocycles. The number of rotatable bonds is 8. The fraction of sp³-hybridized carbons (Fsp3) is 0.786. The van der Waals surface area contributed by atoms with E-state index in [1.54, 1.807) is 0 Å². The normalized spacial score (nSPS) is 18.3. The Balaban J connectivity index is 1.66. The minimum Gasteiger partial charge on any atom is -0.379 e. The first-order chi connectivity index (χ1) is 10.2. The van der Waals surface area contributed by atoms with Crippen LogP contribution in [0.3, 0.4) is 0 Å². The van der Waals surface area contributed by atoms with E-state index in [0.29, 0.717) is 19.0 Å². The summed E-state index contributed by atoms with van der Waals surface area (Å²) in [5, 5.41) is 9.79. The van der Waals surface area contributed by atoms with E-state index in [0.717, 1.165) is 32.2 Å². The van der Waals surface area contributed by atoms with E-state index >= 15 is 0 Å². The molecule has 1 aromatic rings. The highest BCUT2D eigenvalue weighted by Gasteiger charge is 2.24. The quantitative estimate of drug-likeness (QED) is 0.705. The molecule has 2 N–H and O–H groups in total. The van der Waals surface area contributed by atoms with Crippen LogP contribution in [0.1, 0.15) is 62.1 Å². The third kappa shape index (κ3) is 5.09. The van der Waals surface area contributed by atoms with E-state index in [2.05, 4.69) is 20.8 Å². The van der Waals surface area contributed by atoms with E-state index in [9.17, 15) is 4.79 Å². The molecule has 0 radical (unpaired) electrons. The molecule has 1 amide bonds. The van der Waals surface area contributed by atoms with Gasteiger partial charge < -0.3 is 19.9 Å². The fourth-order valence-corrected chi connectivity index (χ4v) is 2.19. The molecule has 0 aromatic carbocycles. The second-order valence-corrected chi connectivity index (χ2v) is 5.49. The summed E-state index contributed by atoms with van der Waals surface area (Å²) in [4.78, 5) is 16.0. The number of nitrogens with zero attached hydrogens (tertiary/aromatic N) is 2. The van der Waals surface area contributed by atoms with Crippen LogP contribution in [0.25, 0.3) is 0 Å². The van der Waals surface area contributed by atoms with Gasteiger partial charge in [0.05, 0.1) is 12.1 Å². The highest BCUT2D eigenvalue weighted by Crippen LogP contribution is 2.20. The zero-order valence-electron chi connectivity index (χ0n) is 12.7. The Kier molecular flexibility index (Phi) is 6.13. The molecule has 1 fully saturated rings. The van der Waals surface area contributed by atoms with Crippen LogP contribution < -0.4 is 10.6 Å². The molecule has 21 heavy (non-hydrogen) atoms. The lowest BCUT2D eigenvalue weighted by Gasteiger charge is -2.07. The summed E-state index contributed by atoms with van der Waals surface area (Å²) in [7, 11) is 0. The van der Waals surface area contributed by atoms with Crippen molar-refractivity contribution in [3.8, 4) is 0 Å². The topological polar surface area (TPSA) is 89.3 Å². The molecule has 1 saturated heterocycles. The number of aromatic nitrogens is 2. The van der Waals surface area contributed by atoms with Crippen LogP contribution in [0.2, 0.25) is 0 Å². The molecular weight excluding hydrogens is 272 g/mol. The lowest BCUT2D eigenvalue weighted by Crippen LogP contribution is -2.26. The number of amides is 1. The third-order valence-corrected chi connectivity index (χ3v) is 3.31. The summed E-state index contributed by atoms with van der Waals surface area (Å²) >= 11 is 0. The van der Waals surface area contributed by atoms with Gasteiger partial charge in [-0.3, -0.25) is 4.79 Å². The smallest absolute Gasteiger partial charge is 0.292 e. The third-order valence-electron chi connectivity index (χ3n) is 3.31. The lowest BCUT2D eigenvalue weighted by molar-refractivity contribution is 0.0754. The minimum atomic E-state index is -0.284. The van der Waals surface area contributed by atoms with Gasteiger partial charge in [-0.1, -0.05) is 5.16 Å². The molecule has 2 rings (SSSR count). The van der Waals surface area contributed by atoms with Gasteiger partial charge in [0.1, 0.15) is 0 Å². The summed E-state index contributed by atoms with van der Waals surface area (Å²) in [5.41, 5.74) is 0. The summed E-state index contributed by atoms with van der Waals surface area (Å²) in [6.45, 7) is 6.27. The zero-order chi connectivity index (χ0) is 15.1. The van der Waals surface area contributed by atoms with Crippen LogP contribution in [0.4, 0.5) is 0 Å². The SMILES string of the molecule is CC(C)OCCCCNC(=O)c1noc(C2CCCN2)n1. The summed E-state index contributed by atoms with van der Waals surface area (Å²) < 4.78 is 10.6. The predicted octanol–water partition coefficient (Wildman–Crippen LogP) is 1.43. The van der Waals surface area contributed by atoms with E-state index in [1.165, 1.54) is 0 Å². The number of nitrogens with one attached hydrogen (secondary N) is 2. The summed E-state index contributed by atoms with van der Waals surface area (Å²) in [6.07, 6.45) is 4.10. The van der Waals surface area contributed by atoms with Crippen LogP contribution in [0.5, 0.6) is 0 Å². The Labute approximate surface area is 124 Å². The number of ether oxygens (including phenoxy) is 1. The Hall–Kier alpha value is -1.47. The first-order valence-electron chi connectivity index (χ1n) is 7.63. The molecule has 1 aromatic heterocycles. The molecule has 2 heterocycles. The van der Waals surface area contributed by atoms with Crippen molar-refractivity contribution in [2.45, 2.75) is 51.7 Å². The Morgan fingerprint density at radius 1 is 1.52 bits per heavy atom. The fourth-order valence-electron chi connectivity index (χ4n) is 2.19. The van der Waals surface area contributed by atoms with Gasteiger partial charge in [0.25, 0.3) is 11.7 Å². The lowest BCUT2D eigenvalue weighted by atomic mass is 10.2. The average molecular weight is 296 g/mol. The molecule has 7 nitrogen and oxygen atoms in total. The van der Waals surface area contributed by atoms with Gasteiger partial charge in [0, 0.05) is 13.2 Å². The number of carbonyl (C=O) groups is 1. The molecule has 0 spiro atoms. The van der Waals surface area contributed by atoms with Crippen molar-refractivity contribution in [1.82, 2.24) is 20.8 Å². The van der Waals surface area contributed by atoms with Crippen molar-refractivity contribution in [3.05, 3.63) is 11.7 Å². The first-order valence-corrected chi connectivity index (χ1v) is 7.63. The van der Waals surface area contributed by atoms with Crippen molar-refractivity contribution in [1.29, 1.82) is 0 Å². The van der Waals surface area contributed by atoms with Crippen molar-refractivity contribution >= 4 is 5.91 Å². The molecule has 1 atom stereocenters. The average Bonchev–Trinajstić information content (AvgIpc) is 3.11. The highest BCUT2D eigenvalue weighted by molar-refractivity contribution is 5.90. The maximum absolute atomic E-state index is 11.9. The monoisotopic (exact) mass is 296 g/mol. The van der Waals surface area contributed by atoms with Gasteiger partial charge in [-0.05, 0) is 46.1 Å². The van der Waals surface area contributed by atoms with E-state index in [-0.39, 0.29) is 23.9 Å². The van der Waals surface area contributed by atoms with Crippen molar-refractivity contribution in [2.75, 3.05) is 19.7 Å². The molecule has 1 aliphatic heterocycles. The zero-order valence-corrected chi connectivity index (χ0v) is 12.7. The number of unbranched alkanes of at least 4 members (excludes halogenated alkanes) is 1. The first kappa shape index (κ1) is 15.9. The minimum absolute atomic E-state index is 0.0900. The van der Waals surface area contributed by atoms with Crippen molar-refractivity contribution in [3.63, 3.8) is 0 Å². The maximum Gasteiger partial charge on any atom is 0.292 e. The predicted molar refractivity (Wildman–Crippen MR) is 76.9 cm³/mol. The van der Waals surface area contributed by atoms with Gasteiger partial charge in [0.2, 0.25) is 5.89 Å². The largest absolute Gasteiger partial charge is 0.379 e. The van der Waals surface area contributed by atoms with E-state index < -0.39 is 0 Å². The Bertz CT molecular complexity index is 441. The van der Waals surface area contributed by atoms with E-state index in [1.807, 2.05) is 13.8 Å². The number of hydrogen-bond donors (Lipinski definition) is 2. The molecule has 1 aliphatic rings.